The lowest BCUT2D eigenvalue weighted by Gasteiger charge is -2.19. The molecule has 0 radical (unpaired) electrons. The number of nitrogens with two attached hydrogens (primary N) is 1. The highest BCUT2D eigenvalue weighted by atomic mass is 35.5. The fourth-order valence-corrected chi connectivity index (χ4v) is 4.40. The van der Waals surface area contributed by atoms with E-state index in [-0.39, 0.29) is 28.7 Å². The first-order valence-corrected chi connectivity index (χ1v) is 11.6. The van der Waals surface area contributed by atoms with Crippen LogP contribution in [0.2, 0.25) is 5.02 Å². The molecule has 1 fully saturated rings. The number of nitrogen functional groups attached to an aromatic ring is 1. The van der Waals surface area contributed by atoms with Crippen molar-refractivity contribution >= 4 is 46.6 Å². The van der Waals surface area contributed by atoms with E-state index in [1.807, 2.05) is 31.3 Å². The molecule has 0 aliphatic carbocycles. The molecule has 35 heavy (non-hydrogen) atoms. The molecule has 0 spiro atoms. The fourth-order valence-electron chi connectivity index (χ4n) is 4.22. The van der Waals surface area contributed by atoms with Crippen molar-refractivity contribution < 1.29 is 14.0 Å². The molecular formula is C27H26ClFN4O2. The predicted molar refractivity (Wildman–Crippen MR) is 139 cm³/mol. The number of carbonyl (C=O) groups excluding carboxylic acids is 2. The normalized spacial score (nSPS) is 18.0. The summed E-state index contributed by atoms with van der Waals surface area (Å²) in [6.07, 6.45) is 3.18. The second-order valence-electron chi connectivity index (χ2n) is 8.63. The molecule has 3 aromatic carbocycles. The first-order chi connectivity index (χ1) is 16.8. The lowest BCUT2D eigenvalue weighted by molar-refractivity contribution is -0.119. The van der Waals surface area contributed by atoms with Gasteiger partial charge in [-0.1, -0.05) is 48.0 Å². The zero-order chi connectivity index (χ0) is 24.9. The molecule has 2 unspecified atom stereocenters. The third-order valence-electron chi connectivity index (χ3n) is 6.04. The van der Waals surface area contributed by atoms with Crippen LogP contribution in [0.15, 0.2) is 72.8 Å². The van der Waals surface area contributed by atoms with Crippen LogP contribution < -0.4 is 16.4 Å². The van der Waals surface area contributed by atoms with Crippen LogP contribution in [-0.2, 0) is 9.59 Å². The Morgan fingerprint density at radius 1 is 1.06 bits per heavy atom. The Labute approximate surface area is 208 Å². The van der Waals surface area contributed by atoms with E-state index in [9.17, 15) is 14.0 Å². The van der Waals surface area contributed by atoms with Crippen molar-refractivity contribution in [1.29, 1.82) is 0 Å². The molecule has 2 atom stereocenters. The molecule has 4 N–H and O–H groups in total. The smallest absolute Gasteiger partial charge is 0.248 e. The lowest BCUT2D eigenvalue weighted by Crippen LogP contribution is -2.28. The molecule has 2 amide bonds. The van der Waals surface area contributed by atoms with Crippen LogP contribution in [0.4, 0.5) is 21.5 Å². The Morgan fingerprint density at radius 2 is 1.80 bits per heavy atom. The Balaban J connectivity index is 1.41. The number of nitrogens with one attached hydrogen (secondary N) is 2. The summed E-state index contributed by atoms with van der Waals surface area (Å²) in [6, 6.07) is 19.0. The summed E-state index contributed by atoms with van der Waals surface area (Å²) < 4.78 is 13.4. The quantitative estimate of drug-likeness (QED) is 0.334. The van der Waals surface area contributed by atoms with Gasteiger partial charge < -0.3 is 21.3 Å². The minimum Gasteiger partial charge on any atom is -0.397 e. The molecular weight excluding hydrogens is 467 g/mol. The number of amides is 2. The van der Waals surface area contributed by atoms with E-state index in [1.54, 1.807) is 30.3 Å². The van der Waals surface area contributed by atoms with Crippen LogP contribution in [0.5, 0.6) is 0 Å². The summed E-state index contributed by atoms with van der Waals surface area (Å²) >= 11 is 5.84. The SMILES string of the molecule is CN1CC(C(=O)Nc2ccc(F)c(Cl)c2)C(c2ccc(C=CC(=O)Nc3ccccc3N)cc2)C1. The van der Waals surface area contributed by atoms with E-state index in [0.717, 1.165) is 17.7 Å². The molecule has 3 aromatic rings. The number of likely N-dealkylation sites (N-methyl/N-ethyl adjacent to an activating group) is 1. The molecule has 0 saturated carbocycles. The number of likely N-dealkylation sites (tertiary alicyclic amines) is 1. The van der Waals surface area contributed by atoms with E-state index in [2.05, 4.69) is 15.5 Å². The van der Waals surface area contributed by atoms with E-state index < -0.39 is 5.82 Å². The highest BCUT2D eigenvalue weighted by molar-refractivity contribution is 6.31. The number of rotatable bonds is 6. The van der Waals surface area contributed by atoms with Gasteiger partial charge in [-0.3, -0.25) is 9.59 Å². The second kappa shape index (κ2) is 10.7. The zero-order valence-electron chi connectivity index (χ0n) is 19.2. The van der Waals surface area contributed by atoms with Gasteiger partial charge in [0.2, 0.25) is 11.8 Å². The molecule has 1 aliphatic heterocycles. The Hall–Kier alpha value is -3.68. The molecule has 0 bridgehead atoms. The Morgan fingerprint density at radius 3 is 2.51 bits per heavy atom. The Kier molecular flexibility index (Phi) is 7.48. The number of para-hydroxylation sites is 2. The van der Waals surface area contributed by atoms with Crippen molar-refractivity contribution in [1.82, 2.24) is 4.90 Å². The molecule has 4 rings (SSSR count). The average molecular weight is 493 g/mol. The van der Waals surface area contributed by atoms with E-state index >= 15 is 0 Å². The number of halogens is 2. The lowest BCUT2D eigenvalue weighted by atomic mass is 9.88. The predicted octanol–water partition coefficient (Wildman–Crippen LogP) is 5.00. The van der Waals surface area contributed by atoms with Gasteiger partial charge in [-0.2, -0.15) is 0 Å². The average Bonchev–Trinajstić information content (AvgIpc) is 3.24. The van der Waals surface area contributed by atoms with Gasteiger partial charge in [0.15, 0.2) is 0 Å². The van der Waals surface area contributed by atoms with Gasteiger partial charge in [-0.05, 0) is 54.6 Å². The van der Waals surface area contributed by atoms with Gasteiger partial charge in [0.05, 0.1) is 22.3 Å². The van der Waals surface area contributed by atoms with Crippen molar-refractivity contribution in [3.63, 3.8) is 0 Å². The number of nitrogens with zero attached hydrogens (tertiary/aromatic N) is 1. The van der Waals surface area contributed by atoms with Crippen LogP contribution >= 0.6 is 11.6 Å². The largest absolute Gasteiger partial charge is 0.397 e. The number of benzene rings is 3. The van der Waals surface area contributed by atoms with Crippen molar-refractivity contribution in [2.24, 2.45) is 5.92 Å². The van der Waals surface area contributed by atoms with Crippen molar-refractivity contribution in [2.75, 3.05) is 36.5 Å². The summed E-state index contributed by atoms with van der Waals surface area (Å²) in [5.41, 5.74) is 9.28. The van der Waals surface area contributed by atoms with Crippen LogP contribution in [0.3, 0.4) is 0 Å². The van der Waals surface area contributed by atoms with Gasteiger partial charge in [0.1, 0.15) is 5.82 Å². The van der Waals surface area contributed by atoms with Crippen molar-refractivity contribution in [2.45, 2.75) is 5.92 Å². The van der Waals surface area contributed by atoms with Crippen LogP contribution in [0.1, 0.15) is 17.0 Å². The molecule has 6 nitrogen and oxygen atoms in total. The third-order valence-corrected chi connectivity index (χ3v) is 6.33. The van der Waals surface area contributed by atoms with Gasteiger partial charge in [-0.15, -0.1) is 0 Å². The minimum atomic E-state index is -0.529. The van der Waals surface area contributed by atoms with Crippen LogP contribution in [0.25, 0.3) is 6.08 Å². The fraction of sp³-hybridized carbons (Fsp3) is 0.185. The Bertz CT molecular complexity index is 1260. The minimum absolute atomic E-state index is 0.00157. The molecule has 8 heteroatoms. The standard InChI is InChI=1S/C27H26ClFN4O2/c1-33-15-20(21(16-33)27(35)31-19-11-12-23(29)22(28)14-19)18-9-6-17(7-10-18)8-13-26(34)32-25-5-3-2-4-24(25)30/h2-14,20-21H,15-16,30H2,1H3,(H,31,35)(H,32,34). The number of hydrogen-bond donors (Lipinski definition) is 3. The topological polar surface area (TPSA) is 87.5 Å². The molecule has 1 aliphatic rings. The molecule has 1 heterocycles. The monoisotopic (exact) mass is 492 g/mol. The van der Waals surface area contributed by atoms with Gasteiger partial charge >= 0.3 is 0 Å². The van der Waals surface area contributed by atoms with Gasteiger partial charge in [0.25, 0.3) is 0 Å². The van der Waals surface area contributed by atoms with Gasteiger partial charge in [0, 0.05) is 30.8 Å². The zero-order valence-corrected chi connectivity index (χ0v) is 19.9. The number of carbonyl (C=O) groups is 2. The third kappa shape index (κ3) is 6.07. The van der Waals surface area contributed by atoms with Gasteiger partial charge in [-0.25, -0.2) is 4.39 Å². The number of hydrogen-bond acceptors (Lipinski definition) is 4. The highest BCUT2D eigenvalue weighted by Gasteiger charge is 2.37. The molecule has 0 aromatic heterocycles. The van der Waals surface area contributed by atoms with E-state index in [0.29, 0.717) is 23.6 Å². The van der Waals surface area contributed by atoms with Crippen molar-refractivity contribution in [3.05, 3.63) is 94.8 Å². The van der Waals surface area contributed by atoms with Crippen LogP contribution in [-0.4, -0.2) is 36.9 Å². The molecule has 1 saturated heterocycles. The maximum atomic E-state index is 13.4. The summed E-state index contributed by atoms with van der Waals surface area (Å²) in [5.74, 6) is -1.21. The maximum Gasteiger partial charge on any atom is 0.248 e. The van der Waals surface area contributed by atoms with E-state index in [4.69, 9.17) is 17.3 Å². The summed E-state index contributed by atoms with van der Waals surface area (Å²) in [4.78, 5) is 27.4. The summed E-state index contributed by atoms with van der Waals surface area (Å²) in [5, 5.41) is 5.58. The second-order valence-corrected chi connectivity index (χ2v) is 9.04. The highest BCUT2D eigenvalue weighted by Crippen LogP contribution is 2.33. The first kappa shape index (κ1) is 24.4. The number of anilines is 3. The van der Waals surface area contributed by atoms with Crippen molar-refractivity contribution in [3.8, 4) is 0 Å². The summed E-state index contributed by atoms with van der Waals surface area (Å²) in [7, 11) is 1.98. The first-order valence-electron chi connectivity index (χ1n) is 11.2. The van der Waals surface area contributed by atoms with E-state index in [1.165, 1.54) is 24.3 Å². The summed E-state index contributed by atoms with van der Waals surface area (Å²) in [6.45, 7) is 1.34. The maximum absolute atomic E-state index is 13.4. The van der Waals surface area contributed by atoms with Crippen LogP contribution in [0, 0.1) is 11.7 Å². The molecule has 180 valence electrons.